The average molecular weight is 192 g/mol. The van der Waals surface area contributed by atoms with Crippen molar-refractivity contribution < 1.29 is 14.6 Å². The van der Waals surface area contributed by atoms with Crippen LogP contribution in [0.3, 0.4) is 0 Å². The third-order valence-corrected chi connectivity index (χ3v) is 2.27. The number of hydrogen-bond donors (Lipinski definition) is 1. The summed E-state index contributed by atoms with van der Waals surface area (Å²) in [6.07, 6.45) is 1.28. The van der Waals surface area contributed by atoms with Gasteiger partial charge in [0, 0.05) is 12.4 Å². The highest BCUT2D eigenvalue weighted by Gasteiger charge is 1.99. The topological polar surface area (TPSA) is 46.5 Å². The fourth-order valence-electron chi connectivity index (χ4n) is 0.657. The van der Waals surface area contributed by atoms with Gasteiger partial charge < -0.3 is 9.84 Å². The van der Waals surface area contributed by atoms with Crippen LogP contribution >= 0.6 is 11.8 Å². The van der Waals surface area contributed by atoms with E-state index < -0.39 is 0 Å². The van der Waals surface area contributed by atoms with Gasteiger partial charge in [-0.3, -0.25) is 4.79 Å². The number of hydrogen-bond acceptors (Lipinski definition) is 4. The van der Waals surface area contributed by atoms with Gasteiger partial charge in [-0.2, -0.15) is 11.8 Å². The van der Waals surface area contributed by atoms with Gasteiger partial charge in [-0.25, -0.2) is 0 Å². The first-order chi connectivity index (χ1) is 5.81. The van der Waals surface area contributed by atoms with Gasteiger partial charge in [0.2, 0.25) is 0 Å². The summed E-state index contributed by atoms with van der Waals surface area (Å²) in [6.45, 7) is 2.49. The molecule has 0 amide bonds. The number of aliphatic hydroxyl groups is 1. The van der Waals surface area contributed by atoms with E-state index in [9.17, 15) is 4.79 Å². The third kappa shape index (κ3) is 7.88. The minimum Gasteiger partial charge on any atom is -0.466 e. The second-order valence-corrected chi connectivity index (χ2v) is 3.47. The number of rotatable bonds is 7. The number of aliphatic hydroxyl groups excluding tert-OH is 1. The molecule has 0 bridgehead atoms. The lowest BCUT2D eigenvalue weighted by Gasteiger charge is -2.00. The first-order valence-corrected chi connectivity index (χ1v) is 5.31. The summed E-state index contributed by atoms with van der Waals surface area (Å²) in [5, 5.41) is 8.45. The third-order valence-electron chi connectivity index (χ3n) is 1.20. The summed E-state index contributed by atoms with van der Waals surface area (Å²) in [5.41, 5.74) is 0. The molecule has 3 nitrogen and oxygen atoms in total. The molecule has 0 rings (SSSR count). The van der Waals surface area contributed by atoms with Crippen molar-refractivity contribution in [3.8, 4) is 0 Å². The number of esters is 1. The molecule has 0 aromatic rings. The Morgan fingerprint density at radius 1 is 1.50 bits per heavy atom. The Kier molecular flexibility index (Phi) is 8.71. The Labute approximate surface area is 77.5 Å². The Morgan fingerprint density at radius 3 is 2.83 bits per heavy atom. The monoisotopic (exact) mass is 192 g/mol. The second-order valence-electron chi connectivity index (χ2n) is 2.24. The summed E-state index contributed by atoms with van der Waals surface area (Å²) in [6, 6.07) is 0. The molecule has 0 unspecified atom stereocenters. The van der Waals surface area contributed by atoms with E-state index in [2.05, 4.69) is 0 Å². The molecule has 0 aliphatic heterocycles. The zero-order chi connectivity index (χ0) is 9.23. The van der Waals surface area contributed by atoms with Crippen LogP contribution in [0.15, 0.2) is 0 Å². The van der Waals surface area contributed by atoms with E-state index in [-0.39, 0.29) is 12.6 Å². The molecule has 4 heteroatoms. The summed E-state index contributed by atoms with van der Waals surface area (Å²) in [5.74, 6) is 1.57. The van der Waals surface area contributed by atoms with Crippen LogP contribution in [0.5, 0.6) is 0 Å². The molecule has 0 saturated heterocycles. The van der Waals surface area contributed by atoms with Crippen molar-refractivity contribution in [3.05, 3.63) is 0 Å². The Bertz CT molecular complexity index is 117. The first kappa shape index (κ1) is 11.8. The van der Waals surface area contributed by atoms with E-state index in [1.807, 2.05) is 0 Å². The van der Waals surface area contributed by atoms with Gasteiger partial charge in [-0.1, -0.05) is 0 Å². The fourth-order valence-corrected chi connectivity index (χ4v) is 1.51. The maximum absolute atomic E-state index is 10.8. The zero-order valence-electron chi connectivity index (χ0n) is 7.41. The lowest BCUT2D eigenvalue weighted by atomic mass is 10.5. The van der Waals surface area contributed by atoms with Gasteiger partial charge in [0.25, 0.3) is 0 Å². The molecule has 0 aromatic carbocycles. The predicted molar refractivity (Wildman–Crippen MR) is 50.3 cm³/mol. The Hall–Kier alpha value is -0.220. The molecule has 0 atom stereocenters. The van der Waals surface area contributed by atoms with Crippen molar-refractivity contribution in [1.29, 1.82) is 0 Å². The van der Waals surface area contributed by atoms with Gasteiger partial charge >= 0.3 is 5.97 Å². The maximum atomic E-state index is 10.8. The summed E-state index contributed by atoms with van der Waals surface area (Å²) in [7, 11) is 0. The predicted octanol–water partition coefficient (Wildman–Crippen LogP) is 1.06. The van der Waals surface area contributed by atoms with E-state index in [4.69, 9.17) is 9.84 Å². The van der Waals surface area contributed by atoms with Crippen LogP contribution < -0.4 is 0 Å². The minimum atomic E-state index is -0.131. The Balaban J connectivity index is 3.03. The Morgan fingerprint density at radius 2 is 2.25 bits per heavy atom. The summed E-state index contributed by atoms with van der Waals surface area (Å²) >= 11 is 1.67. The van der Waals surface area contributed by atoms with Crippen LogP contribution in [-0.4, -0.2) is 35.8 Å². The number of thioether (sulfide) groups is 1. The van der Waals surface area contributed by atoms with Crippen molar-refractivity contribution in [2.75, 3.05) is 24.7 Å². The first-order valence-electron chi connectivity index (χ1n) is 4.15. The van der Waals surface area contributed by atoms with Crippen molar-refractivity contribution in [1.82, 2.24) is 0 Å². The molecule has 0 aromatic heterocycles. The standard InChI is InChI=1S/C8H16O3S/c1-2-11-8(10)4-7-12-6-3-5-9/h9H,2-7H2,1H3. The molecular formula is C8H16O3S. The molecule has 12 heavy (non-hydrogen) atoms. The molecule has 0 radical (unpaired) electrons. The summed E-state index contributed by atoms with van der Waals surface area (Å²) < 4.78 is 4.75. The van der Waals surface area contributed by atoms with E-state index >= 15 is 0 Å². The van der Waals surface area contributed by atoms with E-state index in [1.165, 1.54) is 0 Å². The lowest BCUT2D eigenvalue weighted by molar-refractivity contribution is -0.142. The van der Waals surface area contributed by atoms with Crippen LogP contribution in [0.1, 0.15) is 19.8 Å². The van der Waals surface area contributed by atoms with Gasteiger partial charge in [0.05, 0.1) is 13.0 Å². The number of carbonyl (C=O) groups is 1. The smallest absolute Gasteiger partial charge is 0.306 e. The fraction of sp³-hybridized carbons (Fsp3) is 0.875. The van der Waals surface area contributed by atoms with E-state index in [0.717, 1.165) is 17.9 Å². The highest BCUT2D eigenvalue weighted by molar-refractivity contribution is 7.99. The van der Waals surface area contributed by atoms with Crippen LogP contribution in [0.2, 0.25) is 0 Å². The van der Waals surface area contributed by atoms with Crippen LogP contribution in [0.4, 0.5) is 0 Å². The van der Waals surface area contributed by atoms with Crippen LogP contribution in [0, 0.1) is 0 Å². The minimum absolute atomic E-state index is 0.131. The average Bonchev–Trinajstić information content (AvgIpc) is 2.05. The number of carbonyl (C=O) groups excluding carboxylic acids is 1. The maximum Gasteiger partial charge on any atom is 0.306 e. The second kappa shape index (κ2) is 8.87. The molecular weight excluding hydrogens is 176 g/mol. The molecule has 72 valence electrons. The number of ether oxygens (including phenoxy) is 1. The lowest BCUT2D eigenvalue weighted by Crippen LogP contribution is -2.04. The molecule has 1 N–H and O–H groups in total. The normalized spacial score (nSPS) is 9.83. The van der Waals surface area contributed by atoms with E-state index in [1.54, 1.807) is 18.7 Å². The highest BCUT2D eigenvalue weighted by Crippen LogP contribution is 2.04. The van der Waals surface area contributed by atoms with Gasteiger partial charge in [0.15, 0.2) is 0 Å². The molecule has 0 aliphatic rings. The quantitative estimate of drug-likeness (QED) is 0.484. The van der Waals surface area contributed by atoms with Gasteiger partial charge in [-0.05, 0) is 19.1 Å². The largest absolute Gasteiger partial charge is 0.466 e. The molecule has 0 saturated carbocycles. The van der Waals surface area contributed by atoms with Gasteiger partial charge in [-0.15, -0.1) is 0 Å². The summed E-state index contributed by atoms with van der Waals surface area (Å²) in [4.78, 5) is 10.8. The van der Waals surface area contributed by atoms with Gasteiger partial charge in [0.1, 0.15) is 0 Å². The molecule has 0 heterocycles. The van der Waals surface area contributed by atoms with Crippen molar-refractivity contribution in [3.63, 3.8) is 0 Å². The van der Waals surface area contributed by atoms with Crippen molar-refractivity contribution >= 4 is 17.7 Å². The highest BCUT2D eigenvalue weighted by atomic mass is 32.2. The van der Waals surface area contributed by atoms with Crippen LogP contribution in [0.25, 0.3) is 0 Å². The van der Waals surface area contributed by atoms with Crippen molar-refractivity contribution in [2.45, 2.75) is 19.8 Å². The zero-order valence-corrected chi connectivity index (χ0v) is 8.23. The van der Waals surface area contributed by atoms with Crippen LogP contribution in [-0.2, 0) is 9.53 Å². The molecule has 0 fully saturated rings. The SMILES string of the molecule is CCOC(=O)CCSCCCO. The molecule has 0 aliphatic carbocycles. The van der Waals surface area contributed by atoms with Crippen molar-refractivity contribution in [2.24, 2.45) is 0 Å². The molecule has 0 spiro atoms. The van der Waals surface area contributed by atoms with E-state index in [0.29, 0.717) is 13.0 Å².